The van der Waals surface area contributed by atoms with Crippen LogP contribution in [0.3, 0.4) is 0 Å². The molecule has 0 aliphatic carbocycles. The zero-order chi connectivity index (χ0) is 14.5. The zero-order valence-electron chi connectivity index (χ0n) is 13.0. The van der Waals surface area contributed by atoms with Gasteiger partial charge in [0.25, 0.3) is 0 Å². The second kappa shape index (κ2) is 9.11. The highest BCUT2D eigenvalue weighted by Crippen LogP contribution is 2.23. The molecule has 0 radical (unpaired) electrons. The second-order valence-corrected chi connectivity index (χ2v) is 7.20. The van der Waals surface area contributed by atoms with Crippen LogP contribution in [-0.4, -0.2) is 43.7 Å². The monoisotopic (exact) mass is 388 g/mol. The number of hydrogen-bond donors (Lipinski definition) is 1. The molecule has 1 atom stereocenters. The van der Waals surface area contributed by atoms with Crippen LogP contribution in [0, 0.1) is 5.92 Å². The molecule has 124 valence electrons. The van der Waals surface area contributed by atoms with Crippen molar-refractivity contribution in [3.8, 4) is 5.75 Å². The van der Waals surface area contributed by atoms with Crippen LogP contribution in [0.1, 0.15) is 25.7 Å². The van der Waals surface area contributed by atoms with Gasteiger partial charge in [0, 0.05) is 24.1 Å². The van der Waals surface area contributed by atoms with E-state index in [-0.39, 0.29) is 12.4 Å². The number of nitrogens with one attached hydrogen (secondary N) is 1. The molecule has 3 nitrogen and oxygen atoms in total. The summed E-state index contributed by atoms with van der Waals surface area (Å²) in [4.78, 5) is 2.62. The van der Waals surface area contributed by atoms with Crippen molar-refractivity contribution in [2.24, 2.45) is 5.92 Å². The van der Waals surface area contributed by atoms with E-state index in [1.54, 1.807) is 0 Å². The summed E-state index contributed by atoms with van der Waals surface area (Å²) >= 11 is 3.50. The van der Waals surface area contributed by atoms with Crippen molar-refractivity contribution in [1.29, 1.82) is 0 Å². The van der Waals surface area contributed by atoms with Gasteiger partial charge in [0.1, 0.15) is 11.9 Å². The summed E-state index contributed by atoms with van der Waals surface area (Å²) in [6.45, 7) is 6.02. The van der Waals surface area contributed by atoms with E-state index in [4.69, 9.17) is 4.74 Å². The maximum atomic E-state index is 6.11. The zero-order valence-corrected chi connectivity index (χ0v) is 15.4. The third-order valence-electron chi connectivity index (χ3n) is 4.55. The lowest BCUT2D eigenvalue weighted by Crippen LogP contribution is -2.43. The molecular weight excluding hydrogens is 364 g/mol. The summed E-state index contributed by atoms with van der Waals surface area (Å²) < 4.78 is 7.19. The molecule has 5 heteroatoms. The number of halogens is 2. The van der Waals surface area contributed by atoms with Crippen molar-refractivity contribution >= 4 is 28.3 Å². The molecule has 0 bridgehead atoms. The molecule has 0 aromatic heterocycles. The van der Waals surface area contributed by atoms with Gasteiger partial charge in [-0.2, -0.15) is 0 Å². The van der Waals surface area contributed by atoms with E-state index in [1.165, 1.54) is 45.6 Å². The Bertz CT molecular complexity index is 446. The average molecular weight is 390 g/mol. The maximum absolute atomic E-state index is 6.11. The number of ether oxygens (including phenoxy) is 1. The highest BCUT2D eigenvalue weighted by molar-refractivity contribution is 9.10. The van der Waals surface area contributed by atoms with Crippen LogP contribution in [-0.2, 0) is 0 Å². The molecule has 0 saturated carbocycles. The summed E-state index contributed by atoms with van der Waals surface area (Å²) in [5, 5.41) is 3.52. The van der Waals surface area contributed by atoms with Crippen LogP contribution in [0.5, 0.6) is 5.75 Å². The van der Waals surface area contributed by atoms with Gasteiger partial charge < -0.3 is 15.0 Å². The van der Waals surface area contributed by atoms with Crippen LogP contribution in [0.2, 0.25) is 0 Å². The van der Waals surface area contributed by atoms with Crippen LogP contribution in [0.4, 0.5) is 0 Å². The van der Waals surface area contributed by atoms with E-state index in [1.807, 2.05) is 18.2 Å². The fourth-order valence-electron chi connectivity index (χ4n) is 3.39. The Morgan fingerprint density at radius 2 is 2.05 bits per heavy atom. The fraction of sp³-hybridized carbons (Fsp3) is 0.647. The van der Waals surface area contributed by atoms with E-state index in [0.29, 0.717) is 6.10 Å². The summed E-state index contributed by atoms with van der Waals surface area (Å²) in [6.07, 6.45) is 5.40. The van der Waals surface area contributed by atoms with Crippen LogP contribution < -0.4 is 10.1 Å². The largest absolute Gasteiger partial charge is 0.490 e. The Morgan fingerprint density at radius 3 is 2.73 bits per heavy atom. The molecule has 2 aliphatic rings. The lowest BCUT2D eigenvalue weighted by Gasteiger charge is -2.35. The molecule has 0 spiro atoms. The van der Waals surface area contributed by atoms with Crippen molar-refractivity contribution in [2.75, 3.05) is 32.7 Å². The molecule has 0 amide bonds. The molecule has 1 N–H and O–H groups in total. The van der Waals surface area contributed by atoms with Crippen LogP contribution in [0.15, 0.2) is 28.7 Å². The molecule has 2 heterocycles. The van der Waals surface area contributed by atoms with Crippen LogP contribution in [0.25, 0.3) is 0 Å². The number of rotatable bonds is 4. The van der Waals surface area contributed by atoms with Crippen LogP contribution >= 0.6 is 28.3 Å². The Morgan fingerprint density at radius 1 is 1.23 bits per heavy atom. The normalized spacial score (nSPS) is 23.8. The quantitative estimate of drug-likeness (QED) is 0.849. The smallest absolute Gasteiger partial charge is 0.120 e. The van der Waals surface area contributed by atoms with Gasteiger partial charge in [-0.05, 0) is 62.9 Å². The van der Waals surface area contributed by atoms with Crippen molar-refractivity contribution in [1.82, 2.24) is 10.2 Å². The topological polar surface area (TPSA) is 24.5 Å². The lowest BCUT2D eigenvalue weighted by molar-refractivity contribution is 0.0879. The predicted molar refractivity (Wildman–Crippen MR) is 97.1 cm³/mol. The molecular formula is C17H26BrClN2O. The molecule has 1 unspecified atom stereocenters. The first kappa shape index (κ1) is 18.1. The number of hydrogen-bond acceptors (Lipinski definition) is 3. The van der Waals surface area contributed by atoms with Gasteiger partial charge in [0.2, 0.25) is 0 Å². The molecule has 22 heavy (non-hydrogen) atoms. The van der Waals surface area contributed by atoms with Gasteiger partial charge in [-0.25, -0.2) is 0 Å². The van der Waals surface area contributed by atoms with Gasteiger partial charge >= 0.3 is 0 Å². The Kier molecular flexibility index (Phi) is 7.48. The molecule has 2 fully saturated rings. The first-order valence-electron chi connectivity index (χ1n) is 8.15. The SMILES string of the molecule is Brc1cccc(OC2CCN(CC3CCCNC3)CC2)c1.Cl. The van der Waals surface area contributed by atoms with Crippen molar-refractivity contribution in [2.45, 2.75) is 31.8 Å². The van der Waals surface area contributed by atoms with Crippen molar-refractivity contribution in [3.63, 3.8) is 0 Å². The predicted octanol–water partition coefficient (Wildman–Crippen LogP) is 3.71. The van der Waals surface area contributed by atoms with Gasteiger partial charge in [-0.3, -0.25) is 0 Å². The summed E-state index contributed by atoms with van der Waals surface area (Å²) in [6, 6.07) is 8.17. The minimum Gasteiger partial charge on any atom is -0.490 e. The average Bonchev–Trinajstić information content (AvgIpc) is 2.50. The Balaban J connectivity index is 0.00000176. The third kappa shape index (κ3) is 5.41. The number of piperidine rings is 2. The molecule has 1 aromatic carbocycles. The van der Waals surface area contributed by atoms with Gasteiger partial charge in [-0.15, -0.1) is 12.4 Å². The van der Waals surface area contributed by atoms with E-state index in [9.17, 15) is 0 Å². The third-order valence-corrected chi connectivity index (χ3v) is 5.04. The fourth-order valence-corrected chi connectivity index (χ4v) is 3.77. The highest BCUT2D eigenvalue weighted by Gasteiger charge is 2.23. The summed E-state index contributed by atoms with van der Waals surface area (Å²) in [5.74, 6) is 1.83. The van der Waals surface area contributed by atoms with Gasteiger partial charge in [0.05, 0.1) is 0 Å². The van der Waals surface area contributed by atoms with E-state index in [0.717, 1.165) is 29.0 Å². The number of benzene rings is 1. The number of likely N-dealkylation sites (tertiary alicyclic amines) is 1. The highest BCUT2D eigenvalue weighted by atomic mass is 79.9. The van der Waals surface area contributed by atoms with Crippen molar-refractivity contribution in [3.05, 3.63) is 28.7 Å². The Labute approximate surface area is 148 Å². The minimum atomic E-state index is 0. The van der Waals surface area contributed by atoms with E-state index < -0.39 is 0 Å². The summed E-state index contributed by atoms with van der Waals surface area (Å²) in [5.41, 5.74) is 0. The molecule has 1 aromatic rings. The lowest BCUT2D eigenvalue weighted by atomic mass is 9.97. The minimum absolute atomic E-state index is 0. The van der Waals surface area contributed by atoms with Crippen molar-refractivity contribution < 1.29 is 4.74 Å². The van der Waals surface area contributed by atoms with E-state index >= 15 is 0 Å². The van der Waals surface area contributed by atoms with Gasteiger partial charge in [-0.1, -0.05) is 22.0 Å². The standard InChI is InChI=1S/C17H25BrN2O.ClH/c18-15-4-1-5-17(11-15)21-16-6-9-20(10-7-16)13-14-3-2-8-19-12-14;/h1,4-5,11,14,16,19H,2-3,6-10,12-13H2;1H. The first-order chi connectivity index (χ1) is 10.3. The van der Waals surface area contributed by atoms with Gasteiger partial charge in [0.15, 0.2) is 0 Å². The Hall–Kier alpha value is -0.290. The first-order valence-corrected chi connectivity index (χ1v) is 8.94. The number of nitrogens with zero attached hydrogens (tertiary/aromatic N) is 1. The maximum Gasteiger partial charge on any atom is 0.120 e. The second-order valence-electron chi connectivity index (χ2n) is 6.29. The van der Waals surface area contributed by atoms with E-state index in [2.05, 4.69) is 32.2 Å². The molecule has 2 aliphatic heterocycles. The molecule has 2 saturated heterocycles. The molecule has 3 rings (SSSR count). The summed E-state index contributed by atoms with van der Waals surface area (Å²) in [7, 11) is 0.